The summed E-state index contributed by atoms with van der Waals surface area (Å²) in [5, 5.41) is 8.06. The normalized spacial score (nSPS) is 11.2. The molecule has 0 saturated carbocycles. The standard InChI is InChI=1S/C15H9FN4O2S/c16-10-1-2-11-12(5-10)17-8-20(15(11)21)6-13-18-14(19-22-13)9-3-4-23-7-9/h1-5,7-8H,6H2. The molecule has 0 saturated heterocycles. The molecular weight excluding hydrogens is 319 g/mol. The van der Waals surface area contributed by atoms with Crippen LogP contribution in [0.2, 0.25) is 0 Å². The van der Waals surface area contributed by atoms with Crippen LogP contribution in [-0.2, 0) is 6.54 Å². The Hall–Kier alpha value is -2.87. The van der Waals surface area contributed by atoms with Crippen LogP contribution < -0.4 is 5.56 Å². The van der Waals surface area contributed by atoms with Crippen molar-refractivity contribution in [3.63, 3.8) is 0 Å². The van der Waals surface area contributed by atoms with Gasteiger partial charge in [0.2, 0.25) is 11.7 Å². The van der Waals surface area contributed by atoms with E-state index < -0.39 is 5.82 Å². The van der Waals surface area contributed by atoms with E-state index in [0.717, 1.165) is 5.56 Å². The van der Waals surface area contributed by atoms with Crippen molar-refractivity contribution in [1.82, 2.24) is 19.7 Å². The van der Waals surface area contributed by atoms with Crippen LogP contribution >= 0.6 is 11.3 Å². The molecule has 0 aliphatic carbocycles. The topological polar surface area (TPSA) is 73.8 Å². The molecule has 0 spiro atoms. The van der Waals surface area contributed by atoms with E-state index in [9.17, 15) is 9.18 Å². The molecule has 8 heteroatoms. The van der Waals surface area contributed by atoms with Crippen LogP contribution in [0, 0.1) is 5.82 Å². The fraction of sp³-hybridized carbons (Fsp3) is 0.0667. The van der Waals surface area contributed by atoms with Gasteiger partial charge in [-0.1, -0.05) is 5.16 Å². The van der Waals surface area contributed by atoms with Crippen LogP contribution in [0.4, 0.5) is 4.39 Å². The molecule has 4 aromatic rings. The minimum Gasteiger partial charge on any atom is -0.337 e. The van der Waals surface area contributed by atoms with Gasteiger partial charge < -0.3 is 4.52 Å². The summed E-state index contributed by atoms with van der Waals surface area (Å²) in [6, 6.07) is 5.76. The average Bonchev–Trinajstić information content (AvgIpc) is 3.21. The van der Waals surface area contributed by atoms with E-state index in [4.69, 9.17) is 4.52 Å². The first-order valence-corrected chi connectivity index (χ1v) is 7.65. The van der Waals surface area contributed by atoms with Crippen LogP contribution in [0.3, 0.4) is 0 Å². The van der Waals surface area contributed by atoms with Gasteiger partial charge in [0.05, 0.1) is 17.2 Å². The number of aromatic nitrogens is 4. The van der Waals surface area contributed by atoms with E-state index >= 15 is 0 Å². The minimum absolute atomic E-state index is 0.107. The van der Waals surface area contributed by atoms with Gasteiger partial charge in [-0.3, -0.25) is 9.36 Å². The number of fused-ring (bicyclic) bond motifs is 1. The lowest BCUT2D eigenvalue weighted by atomic mass is 10.2. The zero-order valence-electron chi connectivity index (χ0n) is 11.6. The number of benzene rings is 1. The first kappa shape index (κ1) is 13.8. The van der Waals surface area contributed by atoms with Gasteiger partial charge in [-0.05, 0) is 23.6 Å². The lowest BCUT2D eigenvalue weighted by molar-refractivity contribution is 0.369. The first-order chi connectivity index (χ1) is 11.2. The Bertz CT molecular complexity index is 1040. The number of hydrogen-bond acceptors (Lipinski definition) is 6. The third-order valence-corrected chi connectivity index (χ3v) is 4.02. The predicted octanol–water partition coefficient (Wildman–Crippen LogP) is 2.70. The molecule has 23 heavy (non-hydrogen) atoms. The van der Waals surface area contributed by atoms with E-state index in [-0.39, 0.29) is 12.1 Å². The summed E-state index contributed by atoms with van der Waals surface area (Å²) in [4.78, 5) is 20.7. The molecule has 4 rings (SSSR count). The molecule has 0 bridgehead atoms. The number of halogens is 1. The molecule has 3 heterocycles. The van der Waals surface area contributed by atoms with Gasteiger partial charge in [-0.15, -0.1) is 0 Å². The van der Waals surface area contributed by atoms with Gasteiger partial charge in [0.25, 0.3) is 5.56 Å². The van der Waals surface area contributed by atoms with Gasteiger partial charge in [-0.25, -0.2) is 9.37 Å². The summed E-state index contributed by atoms with van der Waals surface area (Å²) in [7, 11) is 0. The second-order valence-electron chi connectivity index (χ2n) is 4.86. The zero-order valence-corrected chi connectivity index (χ0v) is 12.5. The zero-order chi connectivity index (χ0) is 15.8. The SMILES string of the molecule is O=c1c2ccc(F)cc2ncn1Cc1nc(-c2ccsc2)no1. The quantitative estimate of drug-likeness (QED) is 0.578. The number of thiophene rings is 1. The van der Waals surface area contributed by atoms with Gasteiger partial charge in [0, 0.05) is 17.0 Å². The van der Waals surface area contributed by atoms with Gasteiger partial charge in [0.15, 0.2) is 0 Å². The van der Waals surface area contributed by atoms with Gasteiger partial charge in [0.1, 0.15) is 12.4 Å². The smallest absolute Gasteiger partial charge is 0.261 e. The van der Waals surface area contributed by atoms with Gasteiger partial charge in [-0.2, -0.15) is 16.3 Å². The van der Waals surface area contributed by atoms with Crippen LogP contribution in [0.25, 0.3) is 22.3 Å². The molecule has 0 radical (unpaired) electrons. The second-order valence-corrected chi connectivity index (χ2v) is 5.64. The third kappa shape index (κ3) is 2.53. The number of nitrogens with zero attached hydrogens (tertiary/aromatic N) is 4. The molecule has 0 N–H and O–H groups in total. The largest absolute Gasteiger partial charge is 0.337 e. The summed E-state index contributed by atoms with van der Waals surface area (Å²) in [6.45, 7) is 0.107. The highest BCUT2D eigenvalue weighted by Crippen LogP contribution is 2.18. The minimum atomic E-state index is -0.431. The Kier molecular flexibility index (Phi) is 3.23. The highest BCUT2D eigenvalue weighted by molar-refractivity contribution is 7.08. The van der Waals surface area contributed by atoms with Crippen LogP contribution in [0.15, 0.2) is 50.7 Å². The van der Waals surface area contributed by atoms with Crippen molar-refractivity contribution >= 4 is 22.2 Å². The lowest BCUT2D eigenvalue weighted by Crippen LogP contribution is -2.21. The Balaban J connectivity index is 1.69. The first-order valence-electron chi connectivity index (χ1n) is 6.70. The van der Waals surface area contributed by atoms with Crippen LogP contribution in [0.1, 0.15) is 5.89 Å². The summed E-state index contributed by atoms with van der Waals surface area (Å²) in [5.41, 5.74) is 0.894. The number of hydrogen-bond donors (Lipinski definition) is 0. The molecule has 3 aromatic heterocycles. The van der Waals surface area contributed by atoms with Crippen molar-refractivity contribution in [2.24, 2.45) is 0 Å². The maximum atomic E-state index is 13.2. The maximum absolute atomic E-state index is 13.2. The molecular formula is C15H9FN4O2S. The summed E-state index contributed by atoms with van der Waals surface area (Å²) in [6.07, 6.45) is 1.35. The number of rotatable bonds is 3. The van der Waals surface area contributed by atoms with Crippen molar-refractivity contribution in [2.45, 2.75) is 6.54 Å². The molecule has 0 amide bonds. The summed E-state index contributed by atoms with van der Waals surface area (Å²) >= 11 is 1.54. The predicted molar refractivity (Wildman–Crippen MR) is 82.7 cm³/mol. The molecule has 0 aliphatic rings. The molecule has 0 aliphatic heterocycles. The molecule has 0 atom stereocenters. The van der Waals surface area contributed by atoms with E-state index in [1.807, 2.05) is 16.8 Å². The Labute approximate surface area is 132 Å². The Morgan fingerprint density at radius 1 is 1.30 bits per heavy atom. The highest BCUT2D eigenvalue weighted by atomic mass is 32.1. The molecule has 6 nitrogen and oxygen atoms in total. The summed E-state index contributed by atoms with van der Waals surface area (Å²) in [5.74, 6) is 0.348. The van der Waals surface area contributed by atoms with Crippen LogP contribution in [-0.4, -0.2) is 19.7 Å². The van der Waals surface area contributed by atoms with E-state index in [2.05, 4.69) is 15.1 Å². The average molecular weight is 328 g/mol. The Morgan fingerprint density at radius 2 is 2.22 bits per heavy atom. The maximum Gasteiger partial charge on any atom is 0.261 e. The van der Waals surface area contributed by atoms with E-state index in [1.54, 1.807) is 0 Å². The lowest BCUT2D eigenvalue weighted by Gasteiger charge is -2.03. The van der Waals surface area contributed by atoms with Crippen molar-refractivity contribution < 1.29 is 8.91 Å². The molecule has 1 aromatic carbocycles. The summed E-state index contributed by atoms with van der Waals surface area (Å²) < 4.78 is 19.7. The van der Waals surface area contributed by atoms with Gasteiger partial charge >= 0.3 is 0 Å². The second kappa shape index (κ2) is 5.40. The highest BCUT2D eigenvalue weighted by Gasteiger charge is 2.11. The van der Waals surface area contributed by atoms with Crippen molar-refractivity contribution in [2.75, 3.05) is 0 Å². The van der Waals surface area contributed by atoms with Crippen LogP contribution in [0.5, 0.6) is 0 Å². The Morgan fingerprint density at radius 3 is 3.04 bits per heavy atom. The molecule has 0 fully saturated rings. The van der Waals surface area contributed by atoms with Crippen molar-refractivity contribution in [3.05, 3.63) is 63.4 Å². The third-order valence-electron chi connectivity index (χ3n) is 3.34. The molecule has 114 valence electrons. The fourth-order valence-electron chi connectivity index (χ4n) is 2.22. The molecule has 0 unspecified atom stereocenters. The fourth-order valence-corrected chi connectivity index (χ4v) is 2.85. The van der Waals surface area contributed by atoms with Crippen molar-refractivity contribution in [1.29, 1.82) is 0 Å². The monoisotopic (exact) mass is 328 g/mol. The van der Waals surface area contributed by atoms with Crippen molar-refractivity contribution in [3.8, 4) is 11.4 Å². The van der Waals surface area contributed by atoms with E-state index in [0.29, 0.717) is 22.6 Å². The van der Waals surface area contributed by atoms with E-state index in [1.165, 1.54) is 40.4 Å².